The van der Waals surface area contributed by atoms with E-state index in [0.29, 0.717) is 24.8 Å². The Morgan fingerprint density at radius 1 is 1.25 bits per heavy atom. The van der Waals surface area contributed by atoms with Crippen LogP contribution < -0.4 is 4.90 Å². The summed E-state index contributed by atoms with van der Waals surface area (Å²) < 4.78 is 0. The third-order valence-corrected chi connectivity index (χ3v) is 4.77. The average Bonchev–Trinajstić information content (AvgIpc) is 3.29. The maximum Gasteiger partial charge on any atom is 0.269 e. The molecule has 0 spiro atoms. The molecule has 1 aromatic carbocycles. The van der Waals surface area contributed by atoms with E-state index in [-0.39, 0.29) is 16.5 Å². The lowest BCUT2D eigenvalue weighted by atomic mass is 10.00. The van der Waals surface area contributed by atoms with Gasteiger partial charge in [-0.2, -0.15) is 0 Å². The molecule has 0 radical (unpaired) electrons. The maximum atomic E-state index is 12.2. The summed E-state index contributed by atoms with van der Waals surface area (Å²) in [6.07, 6.45) is 4.80. The van der Waals surface area contributed by atoms with Crippen molar-refractivity contribution in [2.45, 2.75) is 38.1 Å². The van der Waals surface area contributed by atoms with Crippen molar-refractivity contribution in [3.05, 3.63) is 33.9 Å². The van der Waals surface area contributed by atoms with E-state index in [9.17, 15) is 14.9 Å². The first-order chi connectivity index (χ1) is 9.65. The van der Waals surface area contributed by atoms with E-state index in [0.717, 1.165) is 23.6 Å². The number of non-ortho nitro benzene ring substituents is 1. The summed E-state index contributed by atoms with van der Waals surface area (Å²) in [6, 6.07) is 5.24. The van der Waals surface area contributed by atoms with Gasteiger partial charge in [0.05, 0.1) is 4.92 Å². The molecule has 20 heavy (non-hydrogen) atoms. The summed E-state index contributed by atoms with van der Waals surface area (Å²) in [7, 11) is 0. The first-order valence-electron chi connectivity index (χ1n) is 7.24. The molecule has 0 N–H and O–H groups in total. The number of nitro benzene ring substituents is 1. The van der Waals surface area contributed by atoms with Crippen LogP contribution in [0.4, 0.5) is 11.4 Å². The smallest absolute Gasteiger partial charge is 0.269 e. The van der Waals surface area contributed by atoms with Crippen LogP contribution in [-0.4, -0.2) is 16.9 Å². The fourth-order valence-electron chi connectivity index (χ4n) is 3.51. The van der Waals surface area contributed by atoms with Crippen LogP contribution in [0.2, 0.25) is 0 Å². The van der Waals surface area contributed by atoms with Gasteiger partial charge in [-0.3, -0.25) is 14.9 Å². The Hall–Kier alpha value is -1.91. The van der Waals surface area contributed by atoms with Gasteiger partial charge in [0.2, 0.25) is 5.91 Å². The number of nitro groups is 1. The monoisotopic (exact) mass is 272 g/mol. The zero-order chi connectivity index (χ0) is 13.9. The van der Waals surface area contributed by atoms with Gasteiger partial charge in [-0.1, -0.05) is 0 Å². The highest BCUT2D eigenvalue weighted by atomic mass is 16.6. The second kappa shape index (κ2) is 4.04. The van der Waals surface area contributed by atoms with Gasteiger partial charge < -0.3 is 4.90 Å². The Bertz CT molecular complexity index is 609. The van der Waals surface area contributed by atoms with Gasteiger partial charge >= 0.3 is 0 Å². The molecule has 2 unspecified atom stereocenters. The molecule has 1 aromatic rings. The number of benzene rings is 1. The number of fused-ring (bicyclic) bond motifs is 1. The van der Waals surface area contributed by atoms with E-state index in [1.54, 1.807) is 12.1 Å². The second-order valence-electron chi connectivity index (χ2n) is 6.14. The van der Waals surface area contributed by atoms with Crippen LogP contribution in [0, 0.1) is 22.0 Å². The van der Waals surface area contributed by atoms with Crippen molar-refractivity contribution in [2.24, 2.45) is 11.8 Å². The molecule has 3 aliphatic rings. The number of anilines is 1. The molecule has 104 valence electrons. The van der Waals surface area contributed by atoms with Gasteiger partial charge in [0, 0.05) is 30.3 Å². The minimum atomic E-state index is -0.370. The zero-order valence-electron chi connectivity index (χ0n) is 11.1. The Balaban J connectivity index is 1.67. The van der Waals surface area contributed by atoms with E-state index in [4.69, 9.17) is 0 Å². The number of nitrogens with zero attached hydrogens (tertiary/aromatic N) is 2. The van der Waals surface area contributed by atoms with Crippen molar-refractivity contribution in [2.75, 3.05) is 4.90 Å². The summed E-state index contributed by atoms with van der Waals surface area (Å²) in [4.78, 5) is 24.6. The Morgan fingerprint density at radius 2 is 2.05 bits per heavy atom. The quantitative estimate of drug-likeness (QED) is 0.627. The Morgan fingerprint density at radius 3 is 2.75 bits per heavy atom. The van der Waals surface area contributed by atoms with Gasteiger partial charge in [-0.15, -0.1) is 0 Å². The minimum Gasteiger partial charge on any atom is -0.309 e. The van der Waals surface area contributed by atoms with Gasteiger partial charge in [0.1, 0.15) is 0 Å². The van der Waals surface area contributed by atoms with Crippen LogP contribution in [-0.2, 0) is 11.2 Å². The molecule has 2 aliphatic carbocycles. The summed E-state index contributed by atoms with van der Waals surface area (Å²) in [5, 5.41) is 10.9. The highest BCUT2D eigenvalue weighted by Crippen LogP contribution is 2.54. The molecule has 4 rings (SSSR count). The SMILES string of the molecule is O=C1CCc2cc([N+](=O)[O-])ccc2N1C1CC1C1CC1. The van der Waals surface area contributed by atoms with Crippen LogP contribution in [0.5, 0.6) is 0 Å². The molecular formula is C15H16N2O3. The largest absolute Gasteiger partial charge is 0.309 e. The first kappa shape index (κ1) is 11.9. The fourth-order valence-corrected chi connectivity index (χ4v) is 3.51. The number of hydrogen-bond donors (Lipinski definition) is 0. The van der Waals surface area contributed by atoms with E-state index in [1.807, 2.05) is 4.90 Å². The second-order valence-corrected chi connectivity index (χ2v) is 6.14. The zero-order valence-corrected chi connectivity index (χ0v) is 11.1. The topological polar surface area (TPSA) is 63.4 Å². The third kappa shape index (κ3) is 1.80. The number of rotatable bonds is 3. The number of aryl methyl sites for hydroxylation is 1. The molecule has 0 bridgehead atoms. The van der Waals surface area contributed by atoms with Crippen LogP contribution in [0.15, 0.2) is 18.2 Å². The summed E-state index contributed by atoms with van der Waals surface area (Å²) >= 11 is 0. The summed E-state index contributed by atoms with van der Waals surface area (Å²) in [6.45, 7) is 0. The van der Waals surface area contributed by atoms with Crippen molar-refractivity contribution in [3.63, 3.8) is 0 Å². The molecule has 1 heterocycles. The molecular weight excluding hydrogens is 256 g/mol. The standard InChI is InChI=1S/C15H16N2O3/c18-15-6-3-10-7-11(17(19)20)4-5-13(10)16(15)14-8-12(14)9-1-2-9/h4-5,7,9,12,14H,1-3,6,8H2. The highest BCUT2D eigenvalue weighted by molar-refractivity contribution is 5.97. The first-order valence-corrected chi connectivity index (χ1v) is 7.24. The van der Waals surface area contributed by atoms with Gasteiger partial charge in [0.25, 0.3) is 5.69 Å². The molecule has 5 heteroatoms. The molecule has 2 saturated carbocycles. The highest BCUT2D eigenvalue weighted by Gasteiger charge is 2.52. The van der Waals surface area contributed by atoms with Crippen molar-refractivity contribution < 1.29 is 9.72 Å². The van der Waals surface area contributed by atoms with Gasteiger partial charge in [-0.05, 0) is 49.1 Å². The predicted molar refractivity (Wildman–Crippen MR) is 73.5 cm³/mol. The minimum absolute atomic E-state index is 0.118. The van der Waals surface area contributed by atoms with Crippen molar-refractivity contribution in [3.8, 4) is 0 Å². The molecule has 0 saturated heterocycles. The van der Waals surface area contributed by atoms with Gasteiger partial charge in [0.15, 0.2) is 0 Å². The van der Waals surface area contributed by atoms with E-state index in [2.05, 4.69) is 0 Å². The van der Waals surface area contributed by atoms with E-state index >= 15 is 0 Å². The number of carbonyl (C=O) groups excluding carboxylic acids is 1. The Kier molecular flexibility index (Phi) is 2.40. The predicted octanol–water partition coefficient (Wildman–Crippen LogP) is 2.67. The van der Waals surface area contributed by atoms with Crippen LogP contribution in [0.1, 0.15) is 31.2 Å². The molecule has 2 fully saturated rings. The van der Waals surface area contributed by atoms with Gasteiger partial charge in [-0.25, -0.2) is 0 Å². The molecule has 5 nitrogen and oxygen atoms in total. The summed E-state index contributed by atoms with van der Waals surface area (Å²) in [5.41, 5.74) is 1.97. The van der Waals surface area contributed by atoms with Crippen LogP contribution in [0.3, 0.4) is 0 Å². The molecule has 0 aromatic heterocycles. The van der Waals surface area contributed by atoms with E-state index in [1.165, 1.54) is 18.9 Å². The lowest BCUT2D eigenvalue weighted by molar-refractivity contribution is -0.384. The normalized spacial score (nSPS) is 28.2. The van der Waals surface area contributed by atoms with E-state index < -0.39 is 0 Å². The molecule has 1 aliphatic heterocycles. The van der Waals surface area contributed by atoms with Crippen LogP contribution in [0.25, 0.3) is 0 Å². The lowest BCUT2D eigenvalue weighted by Gasteiger charge is -2.30. The maximum absolute atomic E-state index is 12.2. The average molecular weight is 272 g/mol. The lowest BCUT2D eigenvalue weighted by Crippen LogP contribution is -2.38. The van der Waals surface area contributed by atoms with Crippen LogP contribution >= 0.6 is 0 Å². The van der Waals surface area contributed by atoms with Crippen molar-refractivity contribution >= 4 is 17.3 Å². The number of carbonyl (C=O) groups is 1. The number of amides is 1. The number of hydrogen-bond acceptors (Lipinski definition) is 3. The Labute approximate surface area is 116 Å². The third-order valence-electron chi connectivity index (χ3n) is 4.77. The molecule has 1 amide bonds. The molecule has 2 atom stereocenters. The summed E-state index contributed by atoms with van der Waals surface area (Å²) in [5.74, 6) is 1.66. The fraction of sp³-hybridized carbons (Fsp3) is 0.533. The van der Waals surface area contributed by atoms with Crippen molar-refractivity contribution in [1.29, 1.82) is 0 Å². The van der Waals surface area contributed by atoms with Crippen molar-refractivity contribution in [1.82, 2.24) is 0 Å².